The zero-order valence-corrected chi connectivity index (χ0v) is 17.0. The van der Waals surface area contributed by atoms with Gasteiger partial charge in [-0.3, -0.25) is 0 Å². The van der Waals surface area contributed by atoms with Gasteiger partial charge < -0.3 is 39.2 Å². The molecule has 6 N–H and O–H groups in total. The van der Waals surface area contributed by atoms with Gasteiger partial charge in [0.1, 0.15) is 0 Å². The van der Waals surface area contributed by atoms with E-state index in [4.69, 9.17) is 30.3 Å². The van der Waals surface area contributed by atoms with Crippen molar-refractivity contribution in [2.24, 2.45) is 0 Å². The molecule has 0 atom stereocenters. The predicted molar refractivity (Wildman–Crippen MR) is 73.2 cm³/mol. The van der Waals surface area contributed by atoms with Crippen LogP contribution < -0.4 is 0 Å². The Bertz CT molecular complexity index is 75.2. The van der Waals surface area contributed by atoms with Crippen LogP contribution in [0.25, 0.3) is 0 Å². The van der Waals surface area contributed by atoms with E-state index < -0.39 is 8.80 Å². The summed E-state index contributed by atoms with van der Waals surface area (Å²) < 4.78 is 9.12. The van der Waals surface area contributed by atoms with E-state index in [9.17, 15) is 0 Å². The SMILES string of the molecule is CCO.CO.CO.CO.CO.CO[Si](C)(O)OC.[W]. The first kappa shape index (κ1) is 42.7. The molecule has 0 aromatic carbocycles. The number of aliphatic hydroxyl groups excluding tert-OH is 5. The third kappa shape index (κ3) is 118. The summed E-state index contributed by atoms with van der Waals surface area (Å²) in [4.78, 5) is 8.83. The fraction of sp³-hybridized carbons (Fsp3) is 1.00. The van der Waals surface area contributed by atoms with Gasteiger partial charge in [-0.05, 0) is 6.92 Å². The topological polar surface area (TPSA) is 140 Å². The van der Waals surface area contributed by atoms with Crippen LogP contribution in [0.4, 0.5) is 0 Å². The summed E-state index contributed by atoms with van der Waals surface area (Å²) in [6.07, 6.45) is 0. The molecular formula is C9H32O8SiW. The molecule has 0 saturated carbocycles. The van der Waals surface area contributed by atoms with Gasteiger partial charge in [-0.25, -0.2) is 0 Å². The monoisotopic (exact) mass is 480 g/mol. The van der Waals surface area contributed by atoms with Crippen LogP contribution in [0.5, 0.6) is 0 Å². The molecule has 0 spiro atoms. The van der Waals surface area contributed by atoms with Crippen LogP contribution in [0.15, 0.2) is 0 Å². The van der Waals surface area contributed by atoms with Gasteiger partial charge in [0.25, 0.3) is 0 Å². The minimum atomic E-state index is -2.65. The number of aliphatic hydroxyl groups is 5. The summed E-state index contributed by atoms with van der Waals surface area (Å²) in [5, 5.41) is 35.6. The molecule has 0 aromatic rings. The van der Waals surface area contributed by atoms with E-state index in [0.717, 1.165) is 28.4 Å². The molecule has 0 radical (unpaired) electrons. The van der Waals surface area contributed by atoms with E-state index in [2.05, 4.69) is 8.85 Å². The Balaban J connectivity index is -0.0000000206. The standard InChI is InChI=1S/C3H10O3Si.C2H6O.4CH4O.W/c1-5-7(3,4)6-2;1-2-3;4*1-2;/h4H,1-3H3;3H,2H2,1H3;4*2H,1H3;. The van der Waals surface area contributed by atoms with E-state index in [1.807, 2.05) is 0 Å². The Morgan fingerprint density at radius 1 is 0.789 bits per heavy atom. The summed E-state index contributed by atoms with van der Waals surface area (Å²) in [5.74, 6) is 0. The molecule has 0 bridgehead atoms. The third-order valence-electron chi connectivity index (χ3n) is 0.757. The van der Waals surface area contributed by atoms with Gasteiger partial charge in [-0.15, -0.1) is 0 Å². The fourth-order valence-electron chi connectivity index (χ4n) is 0.0833. The molecule has 0 unspecified atom stereocenters. The third-order valence-corrected chi connectivity index (χ3v) is 2.27. The molecule has 0 amide bonds. The molecule has 8 nitrogen and oxygen atoms in total. The van der Waals surface area contributed by atoms with Gasteiger partial charge in [-0.1, -0.05) is 0 Å². The molecule has 0 rings (SSSR count). The Hall–Kier alpha value is 0.585. The van der Waals surface area contributed by atoms with E-state index in [1.165, 1.54) is 14.2 Å². The maximum Gasteiger partial charge on any atom is 0.494 e. The van der Waals surface area contributed by atoms with Crippen molar-refractivity contribution >= 4 is 8.80 Å². The normalized spacial score (nSPS) is 6.63. The second-order valence-electron chi connectivity index (χ2n) is 1.62. The molecule has 126 valence electrons. The fourth-order valence-corrected chi connectivity index (χ4v) is 0.250. The van der Waals surface area contributed by atoms with Crippen molar-refractivity contribution in [1.29, 1.82) is 0 Å². The molecule has 10 heteroatoms. The van der Waals surface area contributed by atoms with Crippen LogP contribution in [-0.2, 0) is 29.9 Å². The van der Waals surface area contributed by atoms with Crippen LogP contribution in [0.1, 0.15) is 6.92 Å². The van der Waals surface area contributed by atoms with Gasteiger partial charge in [0, 0.05) is 76.9 Å². The molecule has 0 aliphatic heterocycles. The summed E-state index contributed by atoms with van der Waals surface area (Å²) in [5.41, 5.74) is 0. The van der Waals surface area contributed by atoms with Crippen molar-refractivity contribution in [2.75, 3.05) is 49.3 Å². The Morgan fingerprint density at radius 3 is 0.895 bits per heavy atom. The molecular weight excluding hydrogens is 448 g/mol. The number of rotatable bonds is 2. The first-order valence-electron chi connectivity index (χ1n) is 4.76. The summed E-state index contributed by atoms with van der Waals surface area (Å²) in [7, 11) is 4.20. The largest absolute Gasteiger partial charge is 0.494 e. The number of hydrogen-bond acceptors (Lipinski definition) is 8. The summed E-state index contributed by atoms with van der Waals surface area (Å²) in [6.45, 7) is 3.48. The van der Waals surface area contributed by atoms with Gasteiger partial charge in [-0.2, -0.15) is 0 Å². The molecule has 0 fully saturated rings. The van der Waals surface area contributed by atoms with Gasteiger partial charge >= 0.3 is 8.80 Å². The van der Waals surface area contributed by atoms with Gasteiger partial charge in [0.05, 0.1) is 0 Å². The molecule has 0 aliphatic carbocycles. The first-order chi connectivity index (χ1) is 8.54. The van der Waals surface area contributed by atoms with Crippen molar-refractivity contribution in [3.05, 3.63) is 0 Å². The van der Waals surface area contributed by atoms with Crippen LogP contribution in [-0.4, -0.2) is 88.4 Å². The zero-order valence-electron chi connectivity index (χ0n) is 13.1. The van der Waals surface area contributed by atoms with E-state index in [1.54, 1.807) is 13.5 Å². The quantitative estimate of drug-likeness (QED) is 0.257. The maximum absolute atomic E-state index is 8.83. The second-order valence-corrected chi connectivity index (χ2v) is 4.23. The van der Waals surface area contributed by atoms with Crippen LogP contribution in [0.2, 0.25) is 6.55 Å². The second kappa shape index (κ2) is 62.6. The summed E-state index contributed by atoms with van der Waals surface area (Å²) >= 11 is 0. The van der Waals surface area contributed by atoms with Gasteiger partial charge in [0.2, 0.25) is 0 Å². The smallest absolute Gasteiger partial charge is 0.400 e. The predicted octanol–water partition coefficient (Wildman–Crippen LogP) is -1.73. The molecule has 0 aromatic heterocycles. The Morgan fingerprint density at radius 2 is 0.895 bits per heavy atom. The molecule has 19 heavy (non-hydrogen) atoms. The van der Waals surface area contributed by atoms with Crippen molar-refractivity contribution in [3.8, 4) is 0 Å². The van der Waals surface area contributed by atoms with Crippen LogP contribution in [0.3, 0.4) is 0 Å². The molecule has 0 saturated heterocycles. The van der Waals surface area contributed by atoms with Crippen molar-refractivity contribution in [3.63, 3.8) is 0 Å². The van der Waals surface area contributed by atoms with Gasteiger partial charge in [0.15, 0.2) is 0 Å². The number of hydrogen-bond donors (Lipinski definition) is 6. The summed E-state index contributed by atoms with van der Waals surface area (Å²) in [6, 6.07) is 0. The minimum absolute atomic E-state index is 0. The Labute approximate surface area is 132 Å². The van der Waals surface area contributed by atoms with Crippen molar-refractivity contribution in [1.82, 2.24) is 0 Å². The molecule has 0 heterocycles. The first-order valence-corrected chi connectivity index (χ1v) is 7.02. The maximum atomic E-state index is 8.83. The average Bonchev–Trinajstić information content (AvgIpc) is 2.48. The minimum Gasteiger partial charge on any atom is -0.400 e. The van der Waals surface area contributed by atoms with E-state index in [-0.39, 0.29) is 27.7 Å². The van der Waals surface area contributed by atoms with Crippen LogP contribution in [0, 0.1) is 0 Å². The van der Waals surface area contributed by atoms with Crippen molar-refractivity contribution in [2.45, 2.75) is 13.5 Å². The van der Waals surface area contributed by atoms with Crippen molar-refractivity contribution < 1.29 is 60.2 Å². The van der Waals surface area contributed by atoms with Crippen LogP contribution >= 0.6 is 0 Å². The zero-order chi connectivity index (χ0) is 16.6. The Kier molecular flexibility index (Phi) is 141. The molecule has 0 aliphatic rings. The van der Waals surface area contributed by atoms with E-state index >= 15 is 0 Å². The average molecular weight is 480 g/mol. The van der Waals surface area contributed by atoms with E-state index in [0.29, 0.717) is 0 Å².